The van der Waals surface area contributed by atoms with Crippen LogP contribution in [0.3, 0.4) is 0 Å². The first-order valence-electron chi connectivity index (χ1n) is 9.98. The number of hydrogen-bond acceptors (Lipinski definition) is 6. The van der Waals surface area contributed by atoms with E-state index >= 15 is 0 Å². The van der Waals surface area contributed by atoms with Crippen LogP contribution in [0.4, 0.5) is 0 Å². The lowest BCUT2D eigenvalue weighted by Gasteiger charge is -2.18. The minimum Gasteiger partial charge on any atom is -0.481 e. The highest BCUT2D eigenvalue weighted by molar-refractivity contribution is 6.02. The van der Waals surface area contributed by atoms with E-state index in [1.54, 1.807) is 24.5 Å². The Hall–Kier alpha value is -3.75. The van der Waals surface area contributed by atoms with Gasteiger partial charge in [0.15, 0.2) is 0 Å². The van der Waals surface area contributed by atoms with Crippen molar-refractivity contribution in [3.05, 3.63) is 65.5 Å². The summed E-state index contributed by atoms with van der Waals surface area (Å²) >= 11 is 0. The highest BCUT2D eigenvalue weighted by Crippen LogP contribution is 2.20. The van der Waals surface area contributed by atoms with Gasteiger partial charge in [0.1, 0.15) is 11.9 Å². The van der Waals surface area contributed by atoms with E-state index < -0.39 is 18.1 Å². The molecule has 1 aromatic heterocycles. The number of carboxylic acid groups (broad SMARTS) is 1. The van der Waals surface area contributed by atoms with Crippen LogP contribution in [0.1, 0.15) is 42.4 Å². The van der Waals surface area contributed by atoms with E-state index in [1.807, 2.05) is 24.3 Å². The van der Waals surface area contributed by atoms with Gasteiger partial charge < -0.3 is 21.0 Å². The van der Waals surface area contributed by atoms with Crippen molar-refractivity contribution in [3.8, 4) is 0 Å². The SMILES string of the molecule is N=C(N)c1ccc(C2=NOC(CC(=O)NC(CCc3ccncc3)CC(=O)O)C2)cc1. The predicted molar refractivity (Wildman–Crippen MR) is 115 cm³/mol. The third-order valence-electron chi connectivity index (χ3n) is 4.99. The van der Waals surface area contributed by atoms with E-state index in [2.05, 4.69) is 15.5 Å². The molecule has 0 bridgehead atoms. The lowest BCUT2D eigenvalue weighted by Crippen LogP contribution is -2.38. The number of nitrogens with two attached hydrogens (primary N) is 1. The summed E-state index contributed by atoms with van der Waals surface area (Å²) in [5, 5.41) is 23.5. The van der Waals surface area contributed by atoms with Gasteiger partial charge in [0.05, 0.1) is 18.6 Å². The van der Waals surface area contributed by atoms with Crippen LogP contribution in [0, 0.1) is 5.41 Å². The first kappa shape index (κ1) is 21.9. The average molecular weight is 423 g/mol. The second-order valence-corrected chi connectivity index (χ2v) is 7.42. The Balaban J connectivity index is 1.50. The molecule has 1 aromatic carbocycles. The summed E-state index contributed by atoms with van der Waals surface area (Å²) in [4.78, 5) is 33.0. The van der Waals surface area contributed by atoms with E-state index in [1.165, 1.54) is 0 Å². The topological polar surface area (TPSA) is 151 Å². The monoisotopic (exact) mass is 423 g/mol. The molecular formula is C22H25N5O4. The van der Waals surface area contributed by atoms with Crippen molar-refractivity contribution in [2.45, 2.75) is 44.2 Å². The summed E-state index contributed by atoms with van der Waals surface area (Å²) in [5.74, 6) is -1.24. The Bertz CT molecular complexity index is 960. The first-order valence-corrected chi connectivity index (χ1v) is 9.98. The smallest absolute Gasteiger partial charge is 0.305 e. The lowest BCUT2D eigenvalue weighted by atomic mass is 10.0. The molecule has 2 atom stereocenters. The number of aryl methyl sites for hydroxylation is 1. The third kappa shape index (κ3) is 6.63. The number of carbonyl (C=O) groups is 2. The number of aliphatic carboxylic acids is 1. The van der Waals surface area contributed by atoms with Gasteiger partial charge in [-0.05, 0) is 36.1 Å². The molecule has 5 N–H and O–H groups in total. The lowest BCUT2D eigenvalue weighted by molar-refractivity contribution is -0.137. The highest BCUT2D eigenvalue weighted by atomic mass is 16.6. The van der Waals surface area contributed by atoms with Crippen molar-refractivity contribution in [1.29, 1.82) is 5.41 Å². The number of nitrogens with zero attached hydrogens (tertiary/aromatic N) is 2. The number of nitrogens with one attached hydrogen (secondary N) is 2. The van der Waals surface area contributed by atoms with Crippen LogP contribution in [0.25, 0.3) is 0 Å². The number of pyridine rings is 1. The quantitative estimate of drug-likeness (QED) is 0.338. The van der Waals surface area contributed by atoms with Crippen molar-refractivity contribution in [2.24, 2.45) is 10.9 Å². The van der Waals surface area contributed by atoms with E-state index in [0.717, 1.165) is 11.1 Å². The number of amides is 1. The van der Waals surface area contributed by atoms with Crippen LogP contribution in [-0.2, 0) is 20.8 Å². The fraction of sp³-hybridized carbons (Fsp3) is 0.318. The maximum absolute atomic E-state index is 12.5. The summed E-state index contributed by atoms with van der Waals surface area (Å²) < 4.78 is 0. The first-order chi connectivity index (χ1) is 14.9. The second kappa shape index (κ2) is 10.3. The van der Waals surface area contributed by atoms with Crippen molar-refractivity contribution in [2.75, 3.05) is 0 Å². The van der Waals surface area contributed by atoms with Gasteiger partial charge in [-0.2, -0.15) is 0 Å². The number of hydrogen-bond donors (Lipinski definition) is 4. The van der Waals surface area contributed by atoms with Gasteiger partial charge in [-0.1, -0.05) is 29.4 Å². The number of oxime groups is 1. The third-order valence-corrected chi connectivity index (χ3v) is 4.99. The zero-order chi connectivity index (χ0) is 22.2. The van der Waals surface area contributed by atoms with Crippen molar-refractivity contribution in [1.82, 2.24) is 10.3 Å². The zero-order valence-corrected chi connectivity index (χ0v) is 17.0. The summed E-state index contributed by atoms with van der Waals surface area (Å²) in [6.45, 7) is 0. The molecule has 0 spiro atoms. The number of aromatic nitrogens is 1. The molecule has 2 aromatic rings. The zero-order valence-electron chi connectivity index (χ0n) is 17.0. The van der Waals surface area contributed by atoms with Gasteiger partial charge >= 0.3 is 5.97 Å². The second-order valence-electron chi connectivity index (χ2n) is 7.42. The Labute approximate surface area is 179 Å². The van der Waals surface area contributed by atoms with Crippen LogP contribution in [0.5, 0.6) is 0 Å². The van der Waals surface area contributed by atoms with E-state index in [-0.39, 0.29) is 24.6 Å². The standard InChI is InChI=1S/C22H25N5O4/c23-22(24)16-4-2-15(3-5-16)19-12-18(31-27-19)13-20(28)26-17(11-21(29)30)6-1-14-7-9-25-10-8-14/h2-5,7-10,17-18H,1,6,11-13H2,(H3,23,24)(H,26,28)(H,29,30). The average Bonchev–Trinajstić information content (AvgIpc) is 3.20. The van der Waals surface area contributed by atoms with Crippen LogP contribution in [-0.4, -0.2) is 45.7 Å². The highest BCUT2D eigenvalue weighted by Gasteiger charge is 2.26. The molecule has 2 unspecified atom stereocenters. The summed E-state index contributed by atoms with van der Waals surface area (Å²) in [5.41, 5.74) is 8.68. The molecule has 0 saturated heterocycles. The maximum atomic E-state index is 12.5. The number of carboxylic acids is 1. The van der Waals surface area contributed by atoms with E-state index in [4.69, 9.17) is 21.1 Å². The fourth-order valence-corrected chi connectivity index (χ4v) is 3.37. The van der Waals surface area contributed by atoms with E-state index in [0.29, 0.717) is 30.5 Å². The molecule has 2 heterocycles. The molecule has 0 radical (unpaired) electrons. The van der Waals surface area contributed by atoms with Crippen LogP contribution < -0.4 is 11.1 Å². The summed E-state index contributed by atoms with van der Waals surface area (Å²) in [7, 11) is 0. The largest absolute Gasteiger partial charge is 0.481 e. The Morgan fingerprint density at radius 1 is 1.23 bits per heavy atom. The van der Waals surface area contributed by atoms with Crippen molar-refractivity contribution in [3.63, 3.8) is 0 Å². The molecule has 0 fully saturated rings. The van der Waals surface area contributed by atoms with Gasteiger partial charge in [0.2, 0.25) is 5.91 Å². The number of rotatable bonds is 10. The molecule has 1 aliphatic heterocycles. The number of nitrogen functional groups attached to an aromatic ring is 1. The molecular weight excluding hydrogens is 398 g/mol. The number of amidine groups is 1. The molecule has 0 saturated carbocycles. The van der Waals surface area contributed by atoms with Crippen molar-refractivity contribution < 1.29 is 19.5 Å². The van der Waals surface area contributed by atoms with Crippen LogP contribution >= 0.6 is 0 Å². The molecule has 1 aliphatic rings. The molecule has 162 valence electrons. The molecule has 3 rings (SSSR count). The molecule has 0 aliphatic carbocycles. The molecule has 9 heteroatoms. The summed E-state index contributed by atoms with van der Waals surface area (Å²) in [6, 6.07) is 10.4. The molecule has 9 nitrogen and oxygen atoms in total. The number of carbonyl (C=O) groups excluding carboxylic acids is 1. The van der Waals surface area contributed by atoms with Gasteiger partial charge in [0.25, 0.3) is 0 Å². The number of benzene rings is 1. The van der Waals surface area contributed by atoms with E-state index in [9.17, 15) is 9.59 Å². The Kier molecular flexibility index (Phi) is 7.31. The normalized spacial score (nSPS) is 16.1. The van der Waals surface area contributed by atoms with Gasteiger partial charge in [-0.3, -0.25) is 20.0 Å². The molecule has 1 amide bonds. The summed E-state index contributed by atoms with van der Waals surface area (Å²) in [6.07, 6.45) is 4.52. The van der Waals surface area contributed by atoms with Gasteiger partial charge in [0, 0.05) is 30.4 Å². The van der Waals surface area contributed by atoms with Crippen LogP contribution in [0.2, 0.25) is 0 Å². The predicted octanol–water partition coefficient (Wildman–Crippen LogP) is 1.84. The minimum absolute atomic E-state index is 0.00875. The Morgan fingerprint density at radius 3 is 2.58 bits per heavy atom. The fourth-order valence-electron chi connectivity index (χ4n) is 3.37. The van der Waals surface area contributed by atoms with Gasteiger partial charge in [-0.25, -0.2) is 0 Å². The minimum atomic E-state index is -0.961. The van der Waals surface area contributed by atoms with Crippen LogP contribution in [0.15, 0.2) is 53.9 Å². The van der Waals surface area contributed by atoms with Crippen molar-refractivity contribution >= 4 is 23.4 Å². The Morgan fingerprint density at radius 2 is 1.94 bits per heavy atom. The maximum Gasteiger partial charge on any atom is 0.305 e. The molecule has 31 heavy (non-hydrogen) atoms. The van der Waals surface area contributed by atoms with Gasteiger partial charge in [-0.15, -0.1) is 0 Å².